The molecule has 0 atom stereocenters. The third kappa shape index (κ3) is 4.28. The molecule has 4 nitrogen and oxygen atoms in total. The Morgan fingerprint density at radius 2 is 1.86 bits per heavy atom. The van der Waals surface area contributed by atoms with Crippen LogP contribution in [0.5, 0.6) is 0 Å². The second-order valence-electron chi connectivity index (χ2n) is 6.60. The number of fused-ring (bicyclic) bond motifs is 1. The lowest BCUT2D eigenvalue weighted by atomic mass is 10.1. The zero-order valence-electron chi connectivity index (χ0n) is 15.3. The van der Waals surface area contributed by atoms with Gasteiger partial charge in [0.05, 0.1) is 5.69 Å². The molecule has 6 heteroatoms. The van der Waals surface area contributed by atoms with Crippen molar-refractivity contribution in [3.63, 3.8) is 0 Å². The van der Waals surface area contributed by atoms with Gasteiger partial charge in [-0.3, -0.25) is 9.20 Å². The lowest BCUT2D eigenvalue weighted by molar-refractivity contribution is -0.121. The van der Waals surface area contributed by atoms with Crippen LogP contribution in [0.2, 0.25) is 0 Å². The molecule has 4 aromatic rings. The minimum absolute atomic E-state index is 0.0184. The Morgan fingerprint density at radius 3 is 2.64 bits per heavy atom. The quantitative estimate of drug-likeness (QED) is 0.503. The number of thiazole rings is 1. The van der Waals surface area contributed by atoms with E-state index in [1.165, 1.54) is 12.1 Å². The number of nitrogens with zero attached hydrogens (tertiary/aromatic N) is 2. The molecule has 2 aromatic carbocycles. The maximum Gasteiger partial charge on any atom is 0.220 e. The van der Waals surface area contributed by atoms with Gasteiger partial charge in [0.2, 0.25) is 5.91 Å². The summed E-state index contributed by atoms with van der Waals surface area (Å²) in [7, 11) is 0. The Hall–Kier alpha value is -2.99. The first-order chi connectivity index (χ1) is 13.7. The number of aromatic nitrogens is 2. The van der Waals surface area contributed by atoms with E-state index in [-0.39, 0.29) is 11.7 Å². The summed E-state index contributed by atoms with van der Waals surface area (Å²) in [5.74, 6) is -0.227. The van der Waals surface area contributed by atoms with Crippen LogP contribution < -0.4 is 5.32 Å². The number of nitrogens with one attached hydrogen (secondary N) is 1. The minimum Gasteiger partial charge on any atom is -0.356 e. The molecule has 0 aliphatic carbocycles. The number of imidazole rings is 1. The van der Waals surface area contributed by atoms with Crippen LogP contribution in [-0.4, -0.2) is 21.8 Å². The normalized spacial score (nSPS) is 11.0. The van der Waals surface area contributed by atoms with E-state index in [9.17, 15) is 9.18 Å². The Labute approximate surface area is 166 Å². The molecule has 2 heterocycles. The topological polar surface area (TPSA) is 46.4 Å². The molecule has 2 aromatic heterocycles. The summed E-state index contributed by atoms with van der Waals surface area (Å²) >= 11 is 1.59. The van der Waals surface area contributed by atoms with E-state index in [0.717, 1.165) is 27.5 Å². The van der Waals surface area contributed by atoms with Gasteiger partial charge in [0.15, 0.2) is 4.96 Å². The fourth-order valence-corrected chi connectivity index (χ4v) is 3.99. The van der Waals surface area contributed by atoms with E-state index in [0.29, 0.717) is 25.8 Å². The fourth-order valence-electron chi connectivity index (χ4n) is 3.08. The summed E-state index contributed by atoms with van der Waals surface area (Å²) in [4.78, 5) is 17.8. The van der Waals surface area contributed by atoms with Crippen LogP contribution in [0.25, 0.3) is 16.2 Å². The fraction of sp³-hybridized carbons (Fsp3) is 0.182. The third-order valence-corrected chi connectivity index (χ3v) is 5.50. The Kier molecular flexibility index (Phi) is 5.48. The average molecular weight is 393 g/mol. The zero-order chi connectivity index (χ0) is 19.3. The molecule has 0 bridgehead atoms. The molecule has 0 radical (unpaired) electrons. The van der Waals surface area contributed by atoms with Gasteiger partial charge in [-0.1, -0.05) is 42.5 Å². The van der Waals surface area contributed by atoms with Crippen LogP contribution in [0.4, 0.5) is 4.39 Å². The van der Waals surface area contributed by atoms with Crippen LogP contribution in [0, 0.1) is 5.82 Å². The zero-order valence-corrected chi connectivity index (χ0v) is 16.1. The number of aryl methyl sites for hydroxylation is 1. The highest BCUT2D eigenvalue weighted by Gasteiger charge is 2.11. The maximum absolute atomic E-state index is 12.9. The molecule has 0 aliphatic heterocycles. The highest BCUT2D eigenvalue weighted by Crippen LogP contribution is 2.24. The number of benzene rings is 2. The molecular weight excluding hydrogens is 373 g/mol. The Morgan fingerprint density at radius 1 is 1.07 bits per heavy atom. The largest absolute Gasteiger partial charge is 0.356 e. The standard InChI is InChI=1S/C22H20FN3OS/c23-18-8-6-16(7-9-18)12-13-24-21(27)11-10-19-15-28-22-25-20(14-26(19)22)17-4-2-1-3-5-17/h1-9,14-15H,10-13H2,(H,24,27). The summed E-state index contributed by atoms with van der Waals surface area (Å²) in [6.07, 6.45) is 3.81. The van der Waals surface area contributed by atoms with Crippen LogP contribution in [0.3, 0.4) is 0 Å². The van der Waals surface area contributed by atoms with Crippen molar-refractivity contribution in [1.29, 1.82) is 0 Å². The number of carbonyl (C=O) groups is 1. The van der Waals surface area contributed by atoms with Gasteiger partial charge in [-0.15, -0.1) is 11.3 Å². The first kappa shape index (κ1) is 18.4. The van der Waals surface area contributed by atoms with Gasteiger partial charge in [-0.2, -0.15) is 0 Å². The molecule has 0 saturated heterocycles. The number of rotatable bonds is 7. The van der Waals surface area contributed by atoms with Crippen molar-refractivity contribution in [3.8, 4) is 11.3 Å². The van der Waals surface area contributed by atoms with Gasteiger partial charge >= 0.3 is 0 Å². The first-order valence-electron chi connectivity index (χ1n) is 9.21. The maximum atomic E-state index is 12.9. The third-order valence-electron chi connectivity index (χ3n) is 4.61. The molecule has 0 fully saturated rings. The van der Waals surface area contributed by atoms with Crippen molar-refractivity contribution in [3.05, 3.63) is 83.2 Å². The first-order valence-corrected chi connectivity index (χ1v) is 10.1. The Bertz CT molecular complexity index is 1070. The van der Waals surface area contributed by atoms with Gasteiger partial charge in [0.1, 0.15) is 5.82 Å². The number of hydrogen-bond donors (Lipinski definition) is 1. The van der Waals surface area contributed by atoms with Gasteiger partial charge in [0.25, 0.3) is 0 Å². The number of hydrogen-bond acceptors (Lipinski definition) is 3. The van der Waals surface area contributed by atoms with E-state index < -0.39 is 0 Å². The Balaban J connectivity index is 1.31. The van der Waals surface area contributed by atoms with Crippen LogP contribution in [0.1, 0.15) is 17.7 Å². The molecule has 28 heavy (non-hydrogen) atoms. The number of amides is 1. The monoisotopic (exact) mass is 393 g/mol. The predicted octanol–water partition coefficient (Wildman–Crippen LogP) is 4.49. The molecule has 0 unspecified atom stereocenters. The molecule has 1 amide bonds. The highest BCUT2D eigenvalue weighted by molar-refractivity contribution is 7.15. The van der Waals surface area contributed by atoms with Crippen molar-refractivity contribution in [2.24, 2.45) is 0 Å². The van der Waals surface area contributed by atoms with E-state index in [2.05, 4.69) is 20.1 Å². The van der Waals surface area contributed by atoms with Crippen molar-refractivity contribution in [2.45, 2.75) is 19.3 Å². The predicted molar refractivity (Wildman–Crippen MR) is 110 cm³/mol. The average Bonchev–Trinajstić information content (AvgIpc) is 3.30. The molecule has 4 rings (SSSR count). The minimum atomic E-state index is -0.246. The van der Waals surface area contributed by atoms with Gasteiger partial charge in [-0.05, 0) is 30.5 Å². The summed E-state index contributed by atoms with van der Waals surface area (Å²) in [5.41, 5.74) is 4.12. The van der Waals surface area contributed by atoms with Crippen LogP contribution in [-0.2, 0) is 17.6 Å². The highest BCUT2D eigenvalue weighted by atomic mass is 32.1. The second-order valence-corrected chi connectivity index (χ2v) is 7.43. The molecule has 0 saturated carbocycles. The summed E-state index contributed by atoms with van der Waals surface area (Å²) in [6, 6.07) is 16.4. The lowest BCUT2D eigenvalue weighted by Gasteiger charge is -2.05. The molecule has 0 aliphatic rings. The van der Waals surface area contributed by atoms with Gasteiger partial charge in [0, 0.05) is 35.8 Å². The van der Waals surface area contributed by atoms with Crippen molar-refractivity contribution in [2.75, 3.05) is 6.54 Å². The van der Waals surface area contributed by atoms with E-state index >= 15 is 0 Å². The van der Waals surface area contributed by atoms with Crippen molar-refractivity contribution < 1.29 is 9.18 Å². The number of carbonyl (C=O) groups excluding carboxylic acids is 1. The molecule has 0 spiro atoms. The molecule has 142 valence electrons. The molecule has 1 N–H and O–H groups in total. The van der Waals surface area contributed by atoms with Crippen molar-refractivity contribution in [1.82, 2.24) is 14.7 Å². The summed E-state index contributed by atoms with van der Waals surface area (Å²) in [6.45, 7) is 0.548. The lowest BCUT2D eigenvalue weighted by Crippen LogP contribution is -2.26. The van der Waals surface area contributed by atoms with E-state index in [1.807, 2.05) is 36.5 Å². The van der Waals surface area contributed by atoms with Crippen LogP contribution >= 0.6 is 11.3 Å². The van der Waals surface area contributed by atoms with Crippen LogP contribution in [0.15, 0.2) is 66.2 Å². The van der Waals surface area contributed by atoms with Gasteiger partial charge in [-0.25, -0.2) is 9.37 Å². The second kappa shape index (κ2) is 8.35. The molecular formula is C22H20FN3OS. The van der Waals surface area contributed by atoms with E-state index in [1.54, 1.807) is 23.5 Å². The van der Waals surface area contributed by atoms with E-state index in [4.69, 9.17) is 0 Å². The SMILES string of the molecule is O=C(CCc1csc2nc(-c3ccccc3)cn12)NCCc1ccc(F)cc1. The van der Waals surface area contributed by atoms with Gasteiger partial charge < -0.3 is 5.32 Å². The van der Waals surface area contributed by atoms with Crippen molar-refractivity contribution >= 4 is 22.2 Å². The summed E-state index contributed by atoms with van der Waals surface area (Å²) in [5, 5.41) is 4.99. The number of halogens is 1. The smallest absolute Gasteiger partial charge is 0.220 e. The summed E-state index contributed by atoms with van der Waals surface area (Å²) < 4.78 is 15.0.